The standard InChI is InChI=1S/C19H23N5O2/c1-24-9-2-3-13(7-10-24)19(26)23-15-4-5-16(22-12-15)17-11-14(18(20)25)6-8-21-17/h4-6,8,11-13H,2-3,7,9-10H2,1H3,(H2,20,25)(H,23,26). The van der Waals surface area contributed by atoms with Crippen molar-refractivity contribution in [1.29, 1.82) is 0 Å². The molecule has 1 unspecified atom stereocenters. The number of amides is 2. The van der Waals surface area contributed by atoms with Gasteiger partial charge in [0.25, 0.3) is 0 Å². The predicted octanol–water partition coefficient (Wildman–Crippen LogP) is 1.91. The van der Waals surface area contributed by atoms with Crippen molar-refractivity contribution in [3.05, 3.63) is 42.2 Å². The molecule has 3 heterocycles. The molecule has 1 atom stereocenters. The normalized spacial score (nSPS) is 18.1. The van der Waals surface area contributed by atoms with Gasteiger partial charge in [-0.3, -0.25) is 19.6 Å². The molecule has 0 bridgehead atoms. The van der Waals surface area contributed by atoms with Crippen LogP contribution in [0.15, 0.2) is 36.7 Å². The Morgan fingerprint density at radius 1 is 1.15 bits per heavy atom. The molecule has 1 aliphatic rings. The van der Waals surface area contributed by atoms with E-state index in [1.54, 1.807) is 30.5 Å². The van der Waals surface area contributed by atoms with Gasteiger partial charge in [0.15, 0.2) is 0 Å². The molecule has 1 aliphatic heterocycles. The summed E-state index contributed by atoms with van der Waals surface area (Å²) in [6.07, 6.45) is 5.95. The lowest BCUT2D eigenvalue weighted by Crippen LogP contribution is -2.24. The predicted molar refractivity (Wildman–Crippen MR) is 99.5 cm³/mol. The van der Waals surface area contributed by atoms with Crippen LogP contribution >= 0.6 is 0 Å². The number of hydrogen-bond donors (Lipinski definition) is 2. The van der Waals surface area contributed by atoms with E-state index in [1.807, 2.05) is 0 Å². The van der Waals surface area contributed by atoms with Gasteiger partial charge in [0.1, 0.15) is 0 Å². The van der Waals surface area contributed by atoms with Crippen molar-refractivity contribution in [1.82, 2.24) is 14.9 Å². The van der Waals surface area contributed by atoms with E-state index in [1.165, 1.54) is 6.20 Å². The summed E-state index contributed by atoms with van der Waals surface area (Å²) < 4.78 is 0. The van der Waals surface area contributed by atoms with E-state index < -0.39 is 5.91 Å². The maximum atomic E-state index is 12.5. The van der Waals surface area contributed by atoms with Crippen molar-refractivity contribution in [3.63, 3.8) is 0 Å². The number of hydrogen-bond acceptors (Lipinski definition) is 5. The van der Waals surface area contributed by atoms with Gasteiger partial charge in [0.05, 0.1) is 23.3 Å². The molecule has 2 amide bonds. The minimum atomic E-state index is -0.508. The molecular formula is C19H23N5O2. The van der Waals surface area contributed by atoms with Gasteiger partial charge in [-0.05, 0) is 63.7 Å². The molecule has 1 fully saturated rings. The minimum absolute atomic E-state index is 0.0357. The quantitative estimate of drug-likeness (QED) is 0.874. The highest BCUT2D eigenvalue weighted by molar-refractivity contribution is 5.94. The molecule has 7 heteroatoms. The van der Waals surface area contributed by atoms with Crippen molar-refractivity contribution >= 4 is 17.5 Å². The number of nitrogens with zero attached hydrogens (tertiary/aromatic N) is 3. The lowest BCUT2D eigenvalue weighted by atomic mass is 10.00. The highest BCUT2D eigenvalue weighted by Gasteiger charge is 2.21. The number of anilines is 1. The van der Waals surface area contributed by atoms with Gasteiger partial charge in [-0.25, -0.2) is 0 Å². The van der Waals surface area contributed by atoms with Crippen LogP contribution in [0.1, 0.15) is 29.6 Å². The number of likely N-dealkylation sites (tertiary alicyclic amines) is 1. The van der Waals surface area contributed by atoms with Crippen LogP contribution in [0.25, 0.3) is 11.4 Å². The summed E-state index contributed by atoms with van der Waals surface area (Å²) in [4.78, 5) is 34.6. The van der Waals surface area contributed by atoms with Crippen molar-refractivity contribution < 1.29 is 9.59 Å². The first-order chi connectivity index (χ1) is 12.5. The van der Waals surface area contributed by atoms with Gasteiger partial charge in [0.2, 0.25) is 11.8 Å². The summed E-state index contributed by atoms with van der Waals surface area (Å²) in [6.45, 7) is 1.98. The second kappa shape index (κ2) is 8.05. The van der Waals surface area contributed by atoms with Crippen LogP contribution in [0.4, 0.5) is 5.69 Å². The smallest absolute Gasteiger partial charge is 0.248 e. The number of nitrogens with two attached hydrogens (primary N) is 1. The highest BCUT2D eigenvalue weighted by atomic mass is 16.2. The van der Waals surface area contributed by atoms with E-state index in [-0.39, 0.29) is 11.8 Å². The van der Waals surface area contributed by atoms with Gasteiger partial charge in [0, 0.05) is 17.7 Å². The Morgan fingerprint density at radius 2 is 2.00 bits per heavy atom. The Hall–Kier alpha value is -2.80. The van der Waals surface area contributed by atoms with Gasteiger partial charge in [-0.2, -0.15) is 0 Å². The van der Waals surface area contributed by atoms with Crippen molar-refractivity contribution in [2.45, 2.75) is 19.3 Å². The lowest BCUT2D eigenvalue weighted by molar-refractivity contribution is -0.120. The number of carbonyl (C=O) groups is 2. The minimum Gasteiger partial charge on any atom is -0.366 e. The van der Waals surface area contributed by atoms with Gasteiger partial charge < -0.3 is 16.0 Å². The Morgan fingerprint density at radius 3 is 2.73 bits per heavy atom. The molecule has 3 rings (SSSR count). The number of pyridine rings is 2. The van der Waals surface area contributed by atoms with Crippen LogP contribution in [0.5, 0.6) is 0 Å². The van der Waals surface area contributed by atoms with Crippen LogP contribution in [0.2, 0.25) is 0 Å². The van der Waals surface area contributed by atoms with Gasteiger partial charge >= 0.3 is 0 Å². The summed E-state index contributed by atoms with van der Waals surface area (Å²) in [5.74, 6) is -0.427. The molecule has 2 aromatic rings. The zero-order valence-electron chi connectivity index (χ0n) is 14.8. The van der Waals surface area contributed by atoms with E-state index in [2.05, 4.69) is 27.2 Å². The van der Waals surface area contributed by atoms with E-state index in [4.69, 9.17) is 5.73 Å². The van der Waals surface area contributed by atoms with Crippen LogP contribution < -0.4 is 11.1 Å². The third-order valence-electron chi connectivity index (χ3n) is 4.66. The number of nitrogens with one attached hydrogen (secondary N) is 1. The highest BCUT2D eigenvalue weighted by Crippen LogP contribution is 2.21. The third-order valence-corrected chi connectivity index (χ3v) is 4.66. The van der Waals surface area contributed by atoms with Crippen LogP contribution in [-0.2, 0) is 4.79 Å². The molecule has 136 valence electrons. The summed E-state index contributed by atoms with van der Waals surface area (Å²) >= 11 is 0. The fourth-order valence-corrected chi connectivity index (χ4v) is 3.09. The van der Waals surface area contributed by atoms with E-state index in [0.717, 1.165) is 32.4 Å². The van der Waals surface area contributed by atoms with Crippen molar-refractivity contribution in [2.75, 3.05) is 25.5 Å². The largest absolute Gasteiger partial charge is 0.366 e. The Balaban J connectivity index is 1.67. The molecule has 0 aliphatic carbocycles. The zero-order valence-corrected chi connectivity index (χ0v) is 14.8. The molecule has 1 saturated heterocycles. The topological polar surface area (TPSA) is 101 Å². The summed E-state index contributed by atoms with van der Waals surface area (Å²) in [5, 5.41) is 2.95. The average Bonchev–Trinajstić information content (AvgIpc) is 2.87. The van der Waals surface area contributed by atoms with Gasteiger partial charge in [-0.1, -0.05) is 0 Å². The lowest BCUT2D eigenvalue weighted by Gasteiger charge is -2.15. The molecule has 0 aromatic carbocycles. The second-order valence-electron chi connectivity index (χ2n) is 6.65. The Labute approximate surface area is 152 Å². The molecule has 3 N–H and O–H groups in total. The maximum Gasteiger partial charge on any atom is 0.248 e. The van der Waals surface area contributed by atoms with Crippen molar-refractivity contribution in [2.24, 2.45) is 11.7 Å². The Bertz CT molecular complexity index is 791. The van der Waals surface area contributed by atoms with E-state index in [0.29, 0.717) is 22.6 Å². The molecule has 0 saturated carbocycles. The first kappa shape index (κ1) is 18.0. The number of carbonyl (C=O) groups excluding carboxylic acids is 2. The van der Waals surface area contributed by atoms with Crippen LogP contribution in [0, 0.1) is 5.92 Å². The molecule has 7 nitrogen and oxygen atoms in total. The first-order valence-corrected chi connectivity index (χ1v) is 8.74. The van der Waals surface area contributed by atoms with Gasteiger partial charge in [-0.15, -0.1) is 0 Å². The third kappa shape index (κ3) is 4.43. The summed E-state index contributed by atoms with van der Waals surface area (Å²) in [5.41, 5.74) is 7.50. The maximum absolute atomic E-state index is 12.5. The van der Waals surface area contributed by atoms with Crippen LogP contribution in [-0.4, -0.2) is 46.8 Å². The zero-order chi connectivity index (χ0) is 18.5. The van der Waals surface area contributed by atoms with Crippen LogP contribution in [0.3, 0.4) is 0 Å². The molecular weight excluding hydrogens is 330 g/mol. The SMILES string of the molecule is CN1CCCC(C(=O)Nc2ccc(-c3cc(C(N)=O)ccn3)nc2)CC1. The first-order valence-electron chi connectivity index (χ1n) is 8.74. The summed E-state index contributed by atoms with van der Waals surface area (Å²) in [7, 11) is 2.09. The second-order valence-corrected chi connectivity index (χ2v) is 6.65. The molecule has 0 spiro atoms. The Kier molecular flexibility index (Phi) is 5.58. The molecule has 0 radical (unpaired) electrons. The van der Waals surface area contributed by atoms with E-state index >= 15 is 0 Å². The van der Waals surface area contributed by atoms with Crippen molar-refractivity contribution in [3.8, 4) is 11.4 Å². The number of aromatic nitrogens is 2. The monoisotopic (exact) mass is 353 g/mol. The molecule has 2 aromatic heterocycles. The fourth-order valence-electron chi connectivity index (χ4n) is 3.09. The van der Waals surface area contributed by atoms with E-state index in [9.17, 15) is 9.59 Å². The summed E-state index contributed by atoms with van der Waals surface area (Å²) in [6, 6.07) is 6.72. The number of primary amides is 1. The number of rotatable bonds is 4. The molecule has 26 heavy (non-hydrogen) atoms. The fraction of sp³-hybridized carbons (Fsp3) is 0.368. The average molecular weight is 353 g/mol.